The van der Waals surface area contributed by atoms with Crippen LogP contribution in [0.3, 0.4) is 0 Å². The third kappa shape index (κ3) is 2.77. The highest BCUT2D eigenvalue weighted by molar-refractivity contribution is 6.06. The molecule has 0 fully saturated rings. The minimum atomic E-state index is -0.320. The van der Waals surface area contributed by atoms with Gasteiger partial charge in [-0.3, -0.25) is 4.79 Å². The third-order valence-electron chi connectivity index (χ3n) is 4.26. The first-order valence-electron chi connectivity index (χ1n) is 8.08. The quantitative estimate of drug-likeness (QED) is 0.594. The van der Waals surface area contributed by atoms with Crippen molar-refractivity contribution in [2.24, 2.45) is 0 Å². The Morgan fingerprint density at radius 1 is 1.27 bits per heavy atom. The second kappa shape index (κ2) is 6.18. The van der Waals surface area contributed by atoms with E-state index in [1.165, 1.54) is 12.1 Å². The summed E-state index contributed by atoms with van der Waals surface area (Å²) in [6.07, 6.45) is 1.56. The Hall–Kier alpha value is -3.35. The molecule has 0 saturated heterocycles. The van der Waals surface area contributed by atoms with Gasteiger partial charge in [-0.15, -0.1) is 0 Å². The van der Waals surface area contributed by atoms with Crippen molar-refractivity contribution in [1.82, 2.24) is 9.72 Å². The summed E-state index contributed by atoms with van der Waals surface area (Å²) < 4.78 is 25.8. The number of furan rings is 1. The van der Waals surface area contributed by atoms with Crippen LogP contribution in [-0.4, -0.2) is 15.6 Å². The first kappa shape index (κ1) is 16.1. The van der Waals surface area contributed by atoms with E-state index >= 15 is 0 Å². The van der Waals surface area contributed by atoms with Crippen LogP contribution in [0.2, 0.25) is 0 Å². The van der Waals surface area contributed by atoms with Crippen molar-refractivity contribution in [3.63, 3.8) is 0 Å². The number of halogens is 1. The van der Waals surface area contributed by atoms with Crippen LogP contribution in [-0.2, 0) is 6.54 Å². The molecule has 0 radical (unpaired) electrons. The Morgan fingerprint density at radius 2 is 2.12 bits per heavy atom. The SMILES string of the molecule is Cc1noc(C)c1NC(=O)c1cc2occc2n1Cc1cccc(F)c1. The van der Waals surface area contributed by atoms with Crippen molar-refractivity contribution in [3.05, 3.63) is 71.2 Å². The van der Waals surface area contributed by atoms with Gasteiger partial charge >= 0.3 is 0 Å². The molecule has 132 valence electrons. The molecular weight excluding hydrogens is 337 g/mol. The van der Waals surface area contributed by atoms with Gasteiger partial charge in [0.15, 0.2) is 11.3 Å². The maximum absolute atomic E-state index is 13.5. The third-order valence-corrected chi connectivity index (χ3v) is 4.26. The van der Waals surface area contributed by atoms with Gasteiger partial charge in [0.05, 0.1) is 11.8 Å². The number of benzene rings is 1. The summed E-state index contributed by atoms with van der Waals surface area (Å²) >= 11 is 0. The van der Waals surface area contributed by atoms with Crippen LogP contribution in [0.15, 0.2) is 51.6 Å². The van der Waals surface area contributed by atoms with Crippen LogP contribution >= 0.6 is 0 Å². The number of carbonyl (C=O) groups is 1. The van der Waals surface area contributed by atoms with E-state index in [-0.39, 0.29) is 11.7 Å². The lowest BCUT2D eigenvalue weighted by Gasteiger charge is -2.11. The lowest BCUT2D eigenvalue weighted by molar-refractivity contribution is 0.101. The van der Waals surface area contributed by atoms with E-state index in [0.29, 0.717) is 35.0 Å². The highest BCUT2D eigenvalue weighted by Gasteiger charge is 2.20. The predicted molar refractivity (Wildman–Crippen MR) is 93.6 cm³/mol. The Kier molecular flexibility index (Phi) is 3.84. The van der Waals surface area contributed by atoms with Gasteiger partial charge in [-0.25, -0.2) is 4.39 Å². The molecule has 0 aliphatic heterocycles. The second-order valence-electron chi connectivity index (χ2n) is 6.07. The van der Waals surface area contributed by atoms with Crippen molar-refractivity contribution < 1.29 is 18.1 Å². The summed E-state index contributed by atoms with van der Waals surface area (Å²) in [5.74, 6) is -0.107. The number of nitrogens with one attached hydrogen (secondary N) is 1. The van der Waals surface area contributed by atoms with Crippen molar-refractivity contribution >= 4 is 22.7 Å². The molecule has 3 heterocycles. The number of anilines is 1. The van der Waals surface area contributed by atoms with Gasteiger partial charge in [0.2, 0.25) is 0 Å². The number of aromatic nitrogens is 2. The fraction of sp³-hybridized carbons (Fsp3) is 0.158. The zero-order chi connectivity index (χ0) is 18.3. The summed E-state index contributed by atoms with van der Waals surface area (Å²) in [7, 11) is 0. The standard InChI is InChI=1S/C19H16FN3O3/c1-11-18(12(2)26-22-11)21-19(24)16-9-17-15(6-7-25-17)23(16)10-13-4-3-5-14(20)8-13/h3-9H,10H2,1-2H3,(H,21,24). The summed E-state index contributed by atoms with van der Waals surface area (Å²) in [6.45, 7) is 3.82. The molecule has 0 unspecified atom stereocenters. The number of hydrogen-bond donors (Lipinski definition) is 1. The molecule has 1 amide bonds. The summed E-state index contributed by atoms with van der Waals surface area (Å²) in [5, 5.41) is 6.67. The van der Waals surface area contributed by atoms with Gasteiger partial charge in [0, 0.05) is 18.7 Å². The lowest BCUT2D eigenvalue weighted by Crippen LogP contribution is -2.18. The highest BCUT2D eigenvalue weighted by Crippen LogP contribution is 2.25. The number of fused-ring (bicyclic) bond motifs is 1. The first-order chi connectivity index (χ1) is 12.5. The summed E-state index contributed by atoms with van der Waals surface area (Å²) in [5.41, 5.74) is 3.65. The van der Waals surface area contributed by atoms with E-state index in [2.05, 4.69) is 10.5 Å². The van der Waals surface area contributed by atoms with E-state index < -0.39 is 0 Å². The summed E-state index contributed by atoms with van der Waals surface area (Å²) in [4.78, 5) is 12.8. The maximum atomic E-state index is 13.5. The topological polar surface area (TPSA) is 73.2 Å². The minimum absolute atomic E-state index is 0.317. The van der Waals surface area contributed by atoms with Crippen LogP contribution in [0.1, 0.15) is 27.5 Å². The number of carbonyl (C=O) groups excluding carboxylic acids is 1. The fourth-order valence-corrected chi connectivity index (χ4v) is 2.99. The van der Waals surface area contributed by atoms with Gasteiger partial charge in [0.1, 0.15) is 22.9 Å². The highest BCUT2D eigenvalue weighted by atomic mass is 19.1. The number of hydrogen-bond acceptors (Lipinski definition) is 4. The number of amides is 1. The fourth-order valence-electron chi connectivity index (χ4n) is 2.99. The average molecular weight is 353 g/mol. The monoisotopic (exact) mass is 353 g/mol. The first-order valence-corrected chi connectivity index (χ1v) is 8.08. The van der Waals surface area contributed by atoms with Crippen molar-refractivity contribution in [3.8, 4) is 0 Å². The molecule has 0 aliphatic rings. The van der Waals surface area contributed by atoms with Crippen molar-refractivity contribution in [2.45, 2.75) is 20.4 Å². The van der Waals surface area contributed by atoms with Crippen molar-refractivity contribution in [1.29, 1.82) is 0 Å². The lowest BCUT2D eigenvalue weighted by atomic mass is 10.2. The largest absolute Gasteiger partial charge is 0.463 e. The molecule has 0 spiro atoms. The second-order valence-corrected chi connectivity index (χ2v) is 6.07. The number of nitrogens with zero attached hydrogens (tertiary/aromatic N) is 2. The molecule has 1 N–H and O–H groups in total. The molecule has 3 aromatic heterocycles. The van der Waals surface area contributed by atoms with E-state index in [9.17, 15) is 9.18 Å². The molecule has 0 aliphatic carbocycles. The van der Waals surface area contributed by atoms with E-state index in [4.69, 9.17) is 8.94 Å². The molecule has 1 aromatic carbocycles. The molecule has 0 bridgehead atoms. The van der Waals surface area contributed by atoms with Gasteiger partial charge in [-0.05, 0) is 31.5 Å². The molecule has 4 rings (SSSR count). The number of rotatable bonds is 4. The molecule has 0 atom stereocenters. The zero-order valence-electron chi connectivity index (χ0n) is 14.2. The minimum Gasteiger partial charge on any atom is -0.463 e. The van der Waals surface area contributed by atoms with Crippen molar-refractivity contribution in [2.75, 3.05) is 5.32 Å². The van der Waals surface area contributed by atoms with E-state index in [0.717, 1.165) is 11.1 Å². The van der Waals surface area contributed by atoms with Gasteiger partial charge in [-0.1, -0.05) is 17.3 Å². The molecule has 0 saturated carbocycles. The van der Waals surface area contributed by atoms with Gasteiger partial charge in [-0.2, -0.15) is 0 Å². The van der Waals surface area contributed by atoms with Gasteiger partial charge in [0.25, 0.3) is 5.91 Å². The van der Waals surface area contributed by atoms with E-state index in [1.54, 1.807) is 42.9 Å². The molecule has 6 nitrogen and oxygen atoms in total. The molecule has 7 heteroatoms. The van der Waals surface area contributed by atoms with Crippen LogP contribution in [0.25, 0.3) is 11.1 Å². The Balaban J connectivity index is 1.73. The zero-order valence-corrected chi connectivity index (χ0v) is 14.2. The molecular formula is C19H16FN3O3. The molecule has 26 heavy (non-hydrogen) atoms. The Bertz CT molecular complexity index is 1090. The maximum Gasteiger partial charge on any atom is 0.272 e. The predicted octanol–water partition coefficient (Wildman–Crippen LogP) is 4.28. The van der Waals surface area contributed by atoms with Crippen LogP contribution < -0.4 is 5.32 Å². The normalized spacial score (nSPS) is 11.2. The Labute approximate surface area is 148 Å². The van der Waals surface area contributed by atoms with Crippen LogP contribution in [0.5, 0.6) is 0 Å². The van der Waals surface area contributed by atoms with Gasteiger partial charge < -0.3 is 18.8 Å². The average Bonchev–Trinajstić information content (AvgIpc) is 3.27. The number of aryl methyl sites for hydroxylation is 2. The molecule has 4 aromatic rings. The van der Waals surface area contributed by atoms with Crippen LogP contribution in [0.4, 0.5) is 10.1 Å². The summed E-state index contributed by atoms with van der Waals surface area (Å²) in [6, 6.07) is 9.73. The Morgan fingerprint density at radius 3 is 2.85 bits per heavy atom. The van der Waals surface area contributed by atoms with E-state index in [1.807, 2.05) is 6.07 Å². The smallest absolute Gasteiger partial charge is 0.272 e. The van der Waals surface area contributed by atoms with Crippen LogP contribution in [0, 0.1) is 19.7 Å².